The molecule has 8 rings (SSSR count). The molecule has 0 unspecified atom stereocenters. The van der Waals surface area contributed by atoms with Crippen LogP contribution >= 0.6 is 0 Å². The normalized spacial score (nSPS) is 40.8. The van der Waals surface area contributed by atoms with Crippen molar-refractivity contribution in [1.82, 2.24) is 14.9 Å². The largest absolute Gasteiger partial charge is 0.340 e. The molecule has 6 heteroatoms. The van der Waals surface area contributed by atoms with Crippen molar-refractivity contribution >= 4 is 11.7 Å². The molecule has 6 aliphatic rings. The summed E-state index contributed by atoms with van der Waals surface area (Å²) < 4.78 is 13.6. The molecule has 0 radical (unpaired) electrons. The molecule has 5 nitrogen and oxygen atoms in total. The number of H-pyrrole nitrogens is 1. The van der Waals surface area contributed by atoms with Crippen LogP contribution in [0.15, 0.2) is 41.6 Å². The molecule has 1 aliphatic heterocycles. The Kier molecular flexibility index (Phi) is 7.81. The van der Waals surface area contributed by atoms with Crippen LogP contribution in [0.25, 0.3) is 11.3 Å². The maximum atomic E-state index is 15.4. The van der Waals surface area contributed by atoms with Gasteiger partial charge in [-0.1, -0.05) is 55.4 Å². The summed E-state index contributed by atoms with van der Waals surface area (Å²) in [5, 5.41) is 0. The van der Waals surface area contributed by atoms with E-state index in [1.54, 1.807) is 18.3 Å². The predicted octanol–water partition coefficient (Wildman–Crippen LogP) is 10.5. The number of nitrogens with zero attached hydrogens (tertiary/aromatic N) is 2. The number of hydrogen-bond donors (Lipinski definition) is 1. The number of nitrogens with one attached hydrogen (secondary N) is 1. The molecular weight excluding hydrogens is 622 g/mol. The third-order valence-electron chi connectivity index (χ3n) is 17.0. The lowest BCUT2D eigenvalue weighted by atomic mass is 9.32. The van der Waals surface area contributed by atoms with Crippen LogP contribution < -0.4 is 0 Å². The Labute approximate surface area is 299 Å². The first-order valence-corrected chi connectivity index (χ1v) is 20.0. The van der Waals surface area contributed by atoms with Gasteiger partial charge in [-0.2, -0.15) is 0 Å². The standard InChI is InChI=1S/C44H60FN3O2/c1-26(2)36-33(49)24-44(39(50)48-23-9-10-32(48)38-46-25-31(47-38)28-11-13-29(45)14-12-28)22-21-42(7)30(37(36)44)15-16-35-41(6)19-17-27(3)40(4,5)34(41)18-20-43(35,42)8/h11-14,25-27,30,32,34-35H,9-10,15-24H2,1-8H3,(H,46,47)/t27-,30+,32-,34-,35+,41-,42+,43+,44+/m0/s1. The Morgan fingerprint density at radius 3 is 2.38 bits per heavy atom. The first-order chi connectivity index (χ1) is 23.6. The second kappa shape index (κ2) is 11.4. The Bertz CT molecular complexity index is 1740. The first-order valence-electron chi connectivity index (χ1n) is 20.0. The molecular formula is C44H60FN3O2. The predicted molar refractivity (Wildman–Crippen MR) is 196 cm³/mol. The molecule has 0 spiro atoms. The molecule has 1 amide bonds. The zero-order chi connectivity index (χ0) is 35.6. The second-order valence-corrected chi connectivity index (χ2v) is 19.4. The monoisotopic (exact) mass is 681 g/mol. The van der Waals surface area contributed by atoms with E-state index in [-0.39, 0.29) is 46.2 Å². The van der Waals surface area contributed by atoms with E-state index in [0.29, 0.717) is 29.7 Å². The lowest BCUT2D eigenvalue weighted by Crippen LogP contribution is -2.65. The van der Waals surface area contributed by atoms with Gasteiger partial charge in [-0.3, -0.25) is 9.59 Å². The Balaban J connectivity index is 1.15. The number of benzene rings is 1. The molecule has 5 fully saturated rings. The fourth-order valence-electron chi connectivity index (χ4n) is 13.9. The fraction of sp³-hybridized carbons (Fsp3) is 0.705. The number of likely N-dealkylation sites (tertiary alicyclic amines) is 1. The summed E-state index contributed by atoms with van der Waals surface area (Å²) in [5.74, 6) is 3.43. The fourth-order valence-corrected chi connectivity index (χ4v) is 13.9. The number of halogens is 1. The van der Waals surface area contributed by atoms with Crippen molar-refractivity contribution in [3.63, 3.8) is 0 Å². The number of fused-ring (bicyclic) bond motifs is 7. The second-order valence-electron chi connectivity index (χ2n) is 19.4. The number of carbonyl (C=O) groups excluding carboxylic acids is 2. The van der Waals surface area contributed by atoms with Crippen LogP contribution in [0.4, 0.5) is 4.39 Å². The highest BCUT2D eigenvalue weighted by Crippen LogP contribution is 2.77. The highest BCUT2D eigenvalue weighted by atomic mass is 19.1. The van der Waals surface area contributed by atoms with Crippen molar-refractivity contribution < 1.29 is 14.0 Å². The smallest absolute Gasteiger partial charge is 0.234 e. The number of aromatic amines is 1. The topological polar surface area (TPSA) is 66.1 Å². The Morgan fingerprint density at radius 2 is 1.66 bits per heavy atom. The number of rotatable bonds is 4. The van der Waals surface area contributed by atoms with Crippen molar-refractivity contribution in [1.29, 1.82) is 0 Å². The minimum Gasteiger partial charge on any atom is -0.340 e. The van der Waals surface area contributed by atoms with Crippen molar-refractivity contribution in [2.24, 2.45) is 56.7 Å². The Morgan fingerprint density at radius 1 is 0.920 bits per heavy atom. The van der Waals surface area contributed by atoms with Crippen molar-refractivity contribution in [2.45, 2.75) is 132 Å². The van der Waals surface area contributed by atoms with Crippen molar-refractivity contribution in [3.05, 3.63) is 53.3 Å². The highest BCUT2D eigenvalue weighted by molar-refractivity contribution is 6.07. The van der Waals surface area contributed by atoms with Gasteiger partial charge in [0.05, 0.1) is 23.3 Å². The highest BCUT2D eigenvalue weighted by Gasteiger charge is 2.71. The number of imidazole rings is 1. The zero-order valence-electron chi connectivity index (χ0n) is 31.9. The molecule has 270 valence electrons. The average Bonchev–Trinajstić information content (AvgIpc) is 3.81. The Hall–Kier alpha value is -2.76. The summed E-state index contributed by atoms with van der Waals surface area (Å²) in [6.07, 6.45) is 13.2. The molecule has 1 saturated heterocycles. The summed E-state index contributed by atoms with van der Waals surface area (Å²) in [6, 6.07) is 6.29. The number of amides is 1. The van der Waals surface area contributed by atoms with Gasteiger partial charge < -0.3 is 9.88 Å². The number of allylic oxidation sites excluding steroid dienone is 1. The van der Waals surface area contributed by atoms with Gasteiger partial charge in [-0.05, 0) is 156 Å². The lowest BCUT2D eigenvalue weighted by Gasteiger charge is -2.72. The van der Waals surface area contributed by atoms with Crippen LogP contribution in [-0.4, -0.2) is 33.1 Å². The average molecular weight is 682 g/mol. The van der Waals surface area contributed by atoms with Crippen molar-refractivity contribution in [2.75, 3.05) is 6.54 Å². The summed E-state index contributed by atoms with van der Waals surface area (Å²) in [7, 11) is 0. The molecule has 1 N–H and O–H groups in total. The van der Waals surface area contributed by atoms with Crippen LogP contribution in [0.1, 0.15) is 138 Å². The molecule has 5 aliphatic carbocycles. The number of ketones is 1. The molecule has 1 aromatic heterocycles. The van der Waals surface area contributed by atoms with E-state index in [0.717, 1.165) is 66.6 Å². The van der Waals surface area contributed by atoms with Crippen molar-refractivity contribution in [3.8, 4) is 11.3 Å². The maximum absolute atomic E-state index is 15.4. The van der Waals surface area contributed by atoms with E-state index in [2.05, 4.69) is 65.3 Å². The number of carbonyl (C=O) groups is 2. The van der Waals surface area contributed by atoms with Gasteiger partial charge in [-0.25, -0.2) is 9.37 Å². The summed E-state index contributed by atoms with van der Waals surface area (Å²) in [6.45, 7) is 20.5. The van der Waals surface area contributed by atoms with Crippen LogP contribution in [0, 0.1) is 62.5 Å². The minimum absolute atomic E-state index is 0.0520. The van der Waals surface area contributed by atoms with E-state index in [1.807, 2.05) is 0 Å². The SMILES string of the molecule is CC(C)C1=C2[C@H]3CC[C@@H]4[C@@]5(C)CC[C@H](C)C(C)(C)[C@@H]5CC[C@@]4(C)[C@]3(C)CC[C@@]2(C(=O)N2CCC[C@H]2c2ncc(-c3ccc(F)cc3)[nH]2)CC1=O. The first kappa shape index (κ1) is 34.3. The van der Waals surface area contributed by atoms with Gasteiger partial charge in [0.25, 0.3) is 0 Å². The number of hydrogen-bond acceptors (Lipinski definition) is 3. The van der Waals surface area contributed by atoms with Gasteiger partial charge in [0.1, 0.15) is 11.6 Å². The van der Waals surface area contributed by atoms with E-state index in [1.165, 1.54) is 49.8 Å². The summed E-state index contributed by atoms with van der Waals surface area (Å²) >= 11 is 0. The molecule has 1 aromatic carbocycles. The van der Waals surface area contributed by atoms with E-state index >= 15 is 4.79 Å². The number of aromatic nitrogens is 2. The summed E-state index contributed by atoms with van der Waals surface area (Å²) in [5.41, 5.74) is 4.10. The third kappa shape index (κ3) is 4.50. The summed E-state index contributed by atoms with van der Waals surface area (Å²) in [4.78, 5) is 40.0. The minimum atomic E-state index is -0.748. The number of Topliss-reactive ketones (excluding diaryl/α,β-unsaturated/α-hetero) is 1. The van der Waals surface area contributed by atoms with E-state index in [9.17, 15) is 9.18 Å². The van der Waals surface area contributed by atoms with Crippen LogP contribution in [0.5, 0.6) is 0 Å². The van der Waals surface area contributed by atoms with Gasteiger partial charge in [0, 0.05) is 13.0 Å². The molecule has 2 heterocycles. The zero-order valence-corrected chi connectivity index (χ0v) is 31.9. The van der Waals surface area contributed by atoms with Crippen LogP contribution in [-0.2, 0) is 9.59 Å². The van der Waals surface area contributed by atoms with Gasteiger partial charge in [0.15, 0.2) is 5.78 Å². The molecule has 50 heavy (non-hydrogen) atoms. The van der Waals surface area contributed by atoms with Gasteiger partial charge in [-0.15, -0.1) is 0 Å². The van der Waals surface area contributed by atoms with Crippen LogP contribution in [0.3, 0.4) is 0 Å². The quantitative estimate of drug-likeness (QED) is 0.349. The molecule has 9 atom stereocenters. The maximum Gasteiger partial charge on any atom is 0.234 e. The van der Waals surface area contributed by atoms with E-state index in [4.69, 9.17) is 4.98 Å². The lowest BCUT2D eigenvalue weighted by molar-refractivity contribution is -0.220. The molecule has 2 aromatic rings. The third-order valence-corrected chi connectivity index (χ3v) is 17.0. The van der Waals surface area contributed by atoms with Crippen LogP contribution in [0.2, 0.25) is 0 Å². The molecule has 0 bridgehead atoms. The molecule has 4 saturated carbocycles. The van der Waals surface area contributed by atoms with Gasteiger partial charge in [0.2, 0.25) is 5.91 Å². The van der Waals surface area contributed by atoms with Gasteiger partial charge >= 0.3 is 0 Å². The van der Waals surface area contributed by atoms with E-state index < -0.39 is 5.41 Å².